The average molecular weight is 453 g/mol. The number of thiophene rings is 1. The number of hydrogen-bond donors (Lipinski definition) is 1. The molecule has 0 unspecified atom stereocenters. The molecule has 158 valence electrons. The van der Waals surface area contributed by atoms with Crippen LogP contribution in [0.5, 0.6) is 5.75 Å². The number of halogens is 1. The van der Waals surface area contributed by atoms with Crippen LogP contribution in [0.1, 0.15) is 23.8 Å². The normalized spacial score (nSPS) is 13.8. The standard InChI is InChI=1S/C24H21ClN2O3S/c1-3-12-30-19-8-5-4-7-18(19)27-23(28)21(20-9-6-13-31-20)22(24(27)29)26-16-11-10-15(2)17(25)14-16/h4-11,13-14,26H,3,12H2,1-2H3. The number of ether oxygens (including phenoxy) is 1. The molecule has 0 fully saturated rings. The fourth-order valence-electron chi connectivity index (χ4n) is 3.30. The summed E-state index contributed by atoms with van der Waals surface area (Å²) in [6, 6.07) is 16.2. The zero-order valence-corrected chi connectivity index (χ0v) is 18.7. The van der Waals surface area contributed by atoms with Crippen molar-refractivity contribution in [3.63, 3.8) is 0 Å². The Morgan fingerprint density at radius 2 is 1.87 bits per heavy atom. The Bertz CT molecular complexity index is 1170. The van der Waals surface area contributed by atoms with Crippen molar-refractivity contribution < 1.29 is 14.3 Å². The van der Waals surface area contributed by atoms with E-state index in [1.54, 1.807) is 24.3 Å². The van der Waals surface area contributed by atoms with Gasteiger partial charge in [-0.15, -0.1) is 11.3 Å². The SMILES string of the molecule is CCCOc1ccccc1N1C(=O)C(Nc2ccc(C)c(Cl)c2)=C(c2cccs2)C1=O. The maximum Gasteiger partial charge on any atom is 0.282 e. The molecule has 1 N–H and O–H groups in total. The van der Waals surface area contributed by atoms with E-state index in [-0.39, 0.29) is 11.6 Å². The number of carbonyl (C=O) groups excluding carboxylic acids is 2. The van der Waals surface area contributed by atoms with Gasteiger partial charge in [0.1, 0.15) is 11.4 Å². The first kappa shape index (κ1) is 21.2. The van der Waals surface area contributed by atoms with Gasteiger partial charge in [-0.2, -0.15) is 0 Å². The molecule has 7 heteroatoms. The second-order valence-corrected chi connectivity index (χ2v) is 8.43. The third-order valence-corrected chi connectivity index (χ3v) is 6.16. The van der Waals surface area contributed by atoms with E-state index >= 15 is 0 Å². The number of benzene rings is 2. The van der Waals surface area contributed by atoms with Crippen molar-refractivity contribution >= 4 is 51.7 Å². The topological polar surface area (TPSA) is 58.6 Å². The largest absolute Gasteiger partial charge is 0.491 e. The van der Waals surface area contributed by atoms with E-state index in [0.29, 0.717) is 39.2 Å². The van der Waals surface area contributed by atoms with Gasteiger partial charge in [-0.1, -0.05) is 42.8 Å². The van der Waals surface area contributed by atoms with Crippen molar-refractivity contribution in [2.24, 2.45) is 0 Å². The summed E-state index contributed by atoms with van der Waals surface area (Å²) in [6.07, 6.45) is 0.815. The van der Waals surface area contributed by atoms with Gasteiger partial charge < -0.3 is 10.1 Å². The Labute approximate surface area is 189 Å². The Morgan fingerprint density at radius 3 is 2.58 bits per heavy atom. The highest BCUT2D eigenvalue weighted by atomic mass is 35.5. The van der Waals surface area contributed by atoms with Crippen LogP contribution in [0.3, 0.4) is 0 Å². The van der Waals surface area contributed by atoms with Crippen LogP contribution in [-0.2, 0) is 9.59 Å². The summed E-state index contributed by atoms with van der Waals surface area (Å²) in [5.41, 5.74) is 2.55. The Kier molecular flexibility index (Phi) is 6.11. The molecule has 2 amide bonds. The molecule has 5 nitrogen and oxygen atoms in total. The van der Waals surface area contributed by atoms with Crippen molar-refractivity contribution in [2.75, 3.05) is 16.8 Å². The summed E-state index contributed by atoms with van der Waals surface area (Å²) in [5, 5.41) is 5.59. The van der Waals surface area contributed by atoms with Crippen molar-refractivity contribution in [3.8, 4) is 5.75 Å². The van der Waals surface area contributed by atoms with Crippen molar-refractivity contribution in [1.29, 1.82) is 0 Å². The fourth-order valence-corrected chi connectivity index (χ4v) is 4.25. The first-order valence-electron chi connectivity index (χ1n) is 9.93. The first-order chi connectivity index (χ1) is 15.0. The summed E-state index contributed by atoms with van der Waals surface area (Å²) in [7, 11) is 0. The van der Waals surface area contributed by atoms with Crippen LogP contribution in [0.15, 0.2) is 65.7 Å². The maximum atomic E-state index is 13.5. The molecule has 1 aromatic heterocycles. The lowest BCUT2D eigenvalue weighted by molar-refractivity contribution is -0.120. The second kappa shape index (κ2) is 8.96. The Morgan fingerprint density at radius 1 is 1.06 bits per heavy atom. The number of para-hydroxylation sites is 2. The molecular weight excluding hydrogens is 432 g/mol. The summed E-state index contributed by atoms with van der Waals surface area (Å²) in [5.74, 6) is -0.324. The minimum atomic E-state index is -0.433. The van der Waals surface area contributed by atoms with Gasteiger partial charge in [0.05, 0.1) is 17.9 Å². The van der Waals surface area contributed by atoms with E-state index in [4.69, 9.17) is 16.3 Å². The molecule has 0 atom stereocenters. The van der Waals surface area contributed by atoms with Crippen LogP contribution >= 0.6 is 22.9 Å². The van der Waals surface area contributed by atoms with Gasteiger partial charge >= 0.3 is 0 Å². The van der Waals surface area contributed by atoms with Crippen LogP contribution in [0, 0.1) is 6.92 Å². The van der Waals surface area contributed by atoms with Crippen LogP contribution in [0.2, 0.25) is 5.02 Å². The van der Waals surface area contributed by atoms with Gasteiger partial charge in [-0.25, -0.2) is 4.90 Å². The molecule has 0 aliphatic carbocycles. The average Bonchev–Trinajstić information content (AvgIpc) is 3.36. The Hall–Kier alpha value is -3.09. The molecule has 0 saturated carbocycles. The highest BCUT2D eigenvalue weighted by Gasteiger charge is 2.41. The van der Waals surface area contributed by atoms with Crippen molar-refractivity contribution in [3.05, 3.63) is 81.1 Å². The quantitative estimate of drug-likeness (QED) is 0.454. The van der Waals surface area contributed by atoms with E-state index in [1.165, 1.54) is 16.2 Å². The van der Waals surface area contributed by atoms with Gasteiger partial charge in [0.25, 0.3) is 11.8 Å². The number of amides is 2. The highest BCUT2D eigenvalue weighted by Crippen LogP contribution is 2.39. The minimum Gasteiger partial charge on any atom is -0.491 e. The number of carbonyl (C=O) groups is 2. The molecule has 0 radical (unpaired) electrons. The van der Waals surface area contributed by atoms with Gasteiger partial charge in [-0.3, -0.25) is 9.59 Å². The van der Waals surface area contributed by atoms with Crippen molar-refractivity contribution in [1.82, 2.24) is 0 Å². The number of nitrogens with zero attached hydrogens (tertiary/aromatic N) is 1. The molecular formula is C24H21ClN2O3S. The van der Waals surface area contributed by atoms with E-state index < -0.39 is 5.91 Å². The number of anilines is 2. The smallest absolute Gasteiger partial charge is 0.282 e. The fraction of sp³-hybridized carbons (Fsp3) is 0.167. The van der Waals surface area contributed by atoms with E-state index in [1.807, 2.05) is 49.6 Å². The predicted molar refractivity (Wildman–Crippen MR) is 126 cm³/mol. The highest BCUT2D eigenvalue weighted by molar-refractivity contribution is 7.11. The number of imide groups is 1. The van der Waals surface area contributed by atoms with Crippen LogP contribution in [-0.4, -0.2) is 18.4 Å². The van der Waals surface area contributed by atoms with Gasteiger partial charge in [0.15, 0.2) is 0 Å². The summed E-state index contributed by atoms with van der Waals surface area (Å²) in [4.78, 5) is 28.9. The molecule has 3 aromatic rings. The van der Waals surface area contributed by atoms with Crippen LogP contribution in [0.4, 0.5) is 11.4 Å². The van der Waals surface area contributed by atoms with Gasteiger partial charge in [0.2, 0.25) is 0 Å². The molecule has 31 heavy (non-hydrogen) atoms. The molecule has 1 aliphatic rings. The van der Waals surface area contributed by atoms with Crippen LogP contribution in [0.25, 0.3) is 5.57 Å². The van der Waals surface area contributed by atoms with E-state index in [9.17, 15) is 9.59 Å². The predicted octanol–water partition coefficient (Wildman–Crippen LogP) is 5.90. The minimum absolute atomic E-state index is 0.220. The van der Waals surface area contributed by atoms with Gasteiger partial charge in [0, 0.05) is 15.6 Å². The molecule has 4 rings (SSSR count). The molecule has 0 spiro atoms. The van der Waals surface area contributed by atoms with E-state index in [0.717, 1.165) is 12.0 Å². The zero-order valence-electron chi connectivity index (χ0n) is 17.1. The lowest BCUT2D eigenvalue weighted by atomic mass is 10.1. The number of aryl methyl sites for hydroxylation is 1. The summed E-state index contributed by atoms with van der Waals surface area (Å²) in [6.45, 7) is 4.40. The molecule has 1 aliphatic heterocycles. The Balaban J connectivity index is 1.78. The number of nitrogens with one attached hydrogen (secondary N) is 1. The molecule has 2 aromatic carbocycles. The lowest BCUT2D eigenvalue weighted by Crippen LogP contribution is -2.32. The first-order valence-corrected chi connectivity index (χ1v) is 11.2. The molecule has 0 bridgehead atoms. The zero-order chi connectivity index (χ0) is 22.0. The van der Waals surface area contributed by atoms with Gasteiger partial charge in [-0.05, 0) is 54.6 Å². The monoisotopic (exact) mass is 452 g/mol. The van der Waals surface area contributed by atoms with E-state index in [2.05, 4.69) is 5.32 Å². The van der Waals surface area contributed by atoms with Crippen molar-refractivity contribution in [2.45, 2.75) is 20.3 Å². The lowest BCUT2D eigenvalue weighted by Gasteiger charge is -2.19. The second-order valence-electron chi connectivity index (χ2n) is 7.08. The molecule has 2 heterocycles. The molecule has 0 saturated heterocycles. The van der Waals surface area contributed by atoms with Crippen LogP contribution < -0.4 is 15.0 Å². The summed E-state index contributed by atoms with van der Waals surface area (Å²) >= 11 is 7.67. The maximum absolute atomic E-state index is 13.5. The number of hydrogen-bond acceptors (Lipinski definition) is 5. The number of rotatable bonds is 7. The third kappa shape index (κ3) is 4.09. The third-order valence-electron chi connectivity index (χ3n) is 4.86. The summed E-state index contributed by atoms with van der Waals surface area (Å²) < 4.78 is 5.80.